The van der Waals surface area contributed by atoms with Gasteiger partial charge in [0.2, 0.25) is 0 Å². The summed E-state index contributed by atoms with van der Waals surface area (Å²) in [6, 6.07) is 8.60. The van der Waals surface area contributed by atoms with Crippen LogP contribution < -0.4 is 10.2 Å². The number of hydrogen-bond acceptors (Lipinski definition) is 4. The fourth-order valence-electron chi connectivity index (χ4n) is 1.40. The minimum Gasteiger partial charge on any atom is -0.483 e. The molecule has 21 heavy (non-hydrogen) atoms. The third-order valence-electron chi connectivity index (χ3n) is 2.36. The molecule has 1 heterocycles. The van der Waals surface area contributed by atoms with E-state index in [4.69, 9.17) is 16.3 Å². The number of benzene rings is 1. The number of nitrogens with zero attached hydrogens (tertiary/aromatic N) is 2. The molecule has 0 unspecified atom stereocenters. The molecule has 0 saturated heterocycles. The number of carbonyl (C=O) groups excluding carboxylic acids is 1. The Morgan fingerprint density at radius 3 is 2.86 bits per heavy atom. The van der Waals surface area contributed by atoms with E-state index < -0.39 is 0 Å². The molecule has 0 spiro atoms. The van der Waals surface area contributed by atoms with E-state index >= 15 is 0 Å². The Bertz CT molecular complexity index is 650. The molecule has 0 atom stereocenters. The maximum Gasteiger partial charge on any atom is 0.277 e. The molecule has 0 saturated carbocycles. The fraction of sp³-hybridized carbons (Fsp3) is 0.0714. The maximum absolute atomic E-state index is 11.6. The Hall–Kier alpha value is -1.92. The fourth-order valence-corrected chi connectivity index (χ4v) is 2.19. The minimum atomic E-state index is -0.359. The molecule has 0 fully saturated rings. The van der Waals surface area contributed by atoms with Gasteiger partial charge >= 0.3 is 0 Å². The van der Waals surface area contributed by atoms with Crippen LogP contribution in [0.15, 0.2) is 52.3 Å². The molecular formula is C14H11BrClN3O2. The van der Waals surface area contributed by atoms with Crippen LogP contribution in [0.2, 0.25) is 5.02 Å². The zero-order chi connectivity index (χ0) is 15.1. The van der Waals surface area contributed by atoms with Crippen LogP contribution >= 0.6 is 27.5 Å². The number of pyridine rings is 1. The Labute approximate surface area is 135 Å². The second kappa shape index (κ2) is 7.75. The molecule has 5 nitrogen and oxygen atoms in total. The predicted octanol–water partition coefficient (Wildman–Crippen LogP) is 3.03. The average molecular weight is 369 g/mol. The van der Waals surface area contributed by atoms with Gasteiger partial charge in [-0.25, -0.2) is 5.43 Å². The molecule has 0 bridgehead atoms. The number of nitrogens with one attached hydrogen (secondary N) is 1. The van der Waals surface area contributed by atoms with Gasteiger partial charge in [0.15, 0.2) is 6.61 Å². The van der Waals surface area contributed by atoms with Gasteiger partial charge < -0.3 is 4.74 Å². The number of amides is 1. The van der Waals surface area contributed by atoms with Gasteiger partial charge in [0.25, 0.3) is 5.91 Å². The number of halogens is 2. The number of rotatable bonds is 5. The SMILES string of the molecule is O=C(COc1ccc(Cl)cc1Br)N/N=C/c1ccncc1. The molecule has 0 radical (unpaired) electrons. The van der Waals surface area contributed by atoms with E-state index in [0.717, 1.165) is 5.56 Å². The number of hydrogen-bond donors (Lipinski definition) is 1. The molecule has 108 valence electrons. The number of hydrazone groups is 1. The lowest BCUT2D eigenvalue weighted by Crippen LogP contribution is -2.24. The van der Waals surface area contributed by atoms with Crippen molar-refractivity contribution in [1.82, 2.24) is 10.4 Å². The zero-order valence-corrected chi connectivity index (χ0v) is 13.1. The van der Waals surface area contributed by atoms with Crippen LogP contribution in [0.25, 0.3) is 0 Å². The van der Waals surface area contributed by atoms with Crippen LogP contribution in [-0.2, 0) is 4.79 Å². The van der Waals surface area contributed by atoms with Crippen LogP contribution in [0.1, 0.15) is 5.56 Å². The van der Waals surface area contributed by atoms with Gasteiger partial charge in [-0.15, -0.1) is 0 Å². The number of aromatic nitrogens is 1. The van der Waals surface area contributed by atoms with Gasteiger partial charge in [0.05, 0.1) is 10.7 Å². The quantitative estimate of drug-likeness (QED) is 0.652. The normalized spacial score (nSPS) is 10.6. The van der Waals surface area contributed by atoms with E-state index in [1.54, 1.807) is 42.7 Å². The zero-order valence-electron chi connectivity index (χ0n) is 10.8. The molecule has 7 heteroatoms. The molecule has 2 aromatic rings. The molecule has 1 N–H and O–H groups in total. The van der Waals surface area contributed by atoms with Gasteiger partial charge in [-0.3, -0.25) is 9.78 Å². The molecule has 1 amide bonds. The van der Waals surface area contributed by atoms with Crippen LogP contribution in [0.5, 0.6) is 5.75 Å². The van der Waals surface area contributed by atoms with Crippen molar-refractivity contribution in [2.75, 3.05) is 6.61 Å². The molecule has 0 aliphatic rings. The number of carbonyl (C=O) groups is 1. The summed E-state index contributed by atoms with van der Waals surface area (Å²) in [5.74, 6) is 0.176. The third-order valence-corrected chi connectivity index (χ3v) is 3.22. The van der Waals surface area contributed by atoms with Gasteiger partial charge in [-0.1, -0.05) is 11.6 Å². The summed E-state index contributed by atoms with van der Waals surface area (Å²) in [5, 5.41) is 4.41. The standard InChI is InChI=1S/C14H11BrClN3O2/c15-12-7-11(16)1-2-13(12)21-9-14(20)19-18-8-10-3-5-17-6-4-10/h1-8H,9H2,(H,19,20)/b18-8+. The van der Waals surface area contributed by atoms with E-state index in [2.05, 4.69) is 31.4 Å². The Morgan fingerprint density at radius 1 is 1.38 bits per heavy atom. The van der Waals surface area contributed by atoms with E-state index in [1.165, 1.54) is 6.21 Å². The molecule has 1 aromatic heterocycles. The summed E-state index contributed by atoms with van der Waals surface area (Å²) < 4.78 is 6.04. The highest BCUT2D eigenvalue weighted by molar-refractivity contribution is 9.10. The smallest absolute Gasteiger partial charge is 0.277 e. The highest BCUT2D eigenvalue weighted by Gasteiger charge is 2.05. The lowest BCUT2D eigenvalue weighted by atomic mass is 10.3. The molecule has 2 rings (SSSR count). The highest BCUT2D eigenvalue weighted by Crippen LogP contribution is 2.27. The van der Waals surface area contributed by atoms with Gasteiger partial charge in [0, 0.05) is 17.4 Å². The molecule has 0 aliphatic heterocycles. The van der Waals surface area contributed by atoms with Crippen LogP contribution in [-0.4, -0.2) is 23.7 Å². The first kappa shape index (κ1) is 15.5. The molecule has 0 aliphatic carbocycles. The third kappa shape index (κ3) is 5.17. The first-order valence-corrected chi connectivity index (χ1v) is 7.12. The topological polar surface area (TPSA) is 63.6 Å². The van der Waals surface area contributed by atoms with Crippen LogP contribution in [0.4, 0.5) is 0 Å². The summed E-state index contributed by atoms with van der Waals surface area (Å²) in [5.41, 5.74) is 3.22. The largest absolute Gasteiger partial charge is 0.483 e. The Morgan fingerprint density at radius 2 is 2.14 bits per heavy atom. The van der Waals surface area contributed by atoms with Crippen molar-refractivity contribution >= 4 is 39.7 Å². The van der Waals surface area contributed by atoms with Crippen molar-refractivity contribution in [3.8, 4) is 5.75 Å². The first-order valence-electron chi connectivity index (χ1n) is 5.95. The predicted molar refractivity (Wildman–Crippen MR) is 84.6 cm³/mol. The summed E-state index contributed by atoms with van der Waals surface area (Å²) in [6.45, 7) is -0.145. The second-order valence-corrected chi connectivity index (χ2v) is 5.23. The van der Waals surface area contributed by atoms with Crippen molar-refractivity contribution in [3.63, 3.8) is 0 Å². The lowest BCUT2D eigenvalue weighted by Gasteiger charge is -2.07. The second-order valence-electron chi connectivity index (χ2n) is 3.94. The van der Waals surface area contributed by atoms with Crippen molar-refractivity contribution in [1.29, 1.82) is 0 Å². The average Bonchev–Trinajstić information content (AvgIpc) is 2.47. The van der Waals surface area contributed by atoms with E-state index in [0.29, 0.717) is 15.2 Å². The maximum atomic E-state index is 11.6. The Kier molecular flexibility index (Phi) is 5.71. The highest BCUT2D eigenvalue weighted by atomic mass is 79.9. The monoisotopic (exact) mass is 367 g/mol. The Balaban J connectivity index is 1.81. The first-order chi connectivity index (χ1) is 10.1. The van der Waals surface area contributed by atoms with Crippen molar-refractivity contribution in [2.24, 2.45) is 5.10 Å². The summed E-state index contributed by atoms with van der Waals surface area (Å²) >= 11 is 9.12. The van der Waals surface area contributed by atoms with Crippen LogP contribution in [0, 0.1) is 0 Å². The van der Waals surface area contributed by atoms with Gasteiger partial charge in [-0.05, 0) is 51.8 Å². The van der Waals surface area contributed by atoms with Gasteiger partial charge in [-0.2, -0.15) is 5.10 Å². The summed E-state index contributed by atoms with van der Waals surface area (Å²) in [6.07, 6.45) is 4.81. The van der Waals surface area contributed by atoms with E-state index in [9.17, 15) is 4.79 Å². The summed E-state index contributed by atoms with van der Waals surface area (Å²) in [7, 11) is 0. The summed E-state index contributed by atoms with van der Waals surface area (Å²) in [4.78, 5) is 15.5. The van der Waals surface area contributed by atoms with E-state index in [-0.39, 0.29) is 12.5 Å². The van der Waals surface area contributed by atoms with Crippen molar-refractivity contribution in [2.45, 2.75) is 0 Å². The van der Waals surface area contributed by atoms with Crippen LogP contribution in [0.3, 0.4) is 0 Å². The van der Waals surface area contributed by atoms with E-state index in [1.807, 2.05) is 0 Å². The van der Waals surface area contributed by atoms with Gasteiger partial charge in [0.1, 0.15) is 5.75 Å². The number of ether oxygens (including phenoxy) is 1. The molecule has 1 aromatic carbocycles. The lowest BCUT2D eigenvalue weighted by molar-refractivity contribution is -0.123. The van der Waals surface area contributed by atoms with Crippen molar-refractivity contribution < 1.29 is 9.53 Å². The minimum absolute atomic E-state index is 0.145. The van der Waals surface area contributed by atoms with Crippen molar-refractivity contribution in [3.05, 3.63) is 57.8 Å². The molecular weight excluding hydrogens is 358 g/mol.